The lowest BCUT2D eigenvalue weighted by Crippen LogP contribution is -2.26. The second-order valence-electron chi connectivity index (χ2n) is 6.62. The molecule has 3 aromatic rings. The summed E-state index contributed by atoms with van der Waals surface area (Å²) in [4.78, 5) is 16.3. The Morgan fingerprint density at radius 3 is 2.39 bits per heavy atom. The molecule has 0 spiro atoms. The summed E-state index contributed by atoms with van der Waals surface area (Å²) in [7, 11) is 0. The summed E-state index contributed by atoms with van der Waals surface area (Å²) < 4.78 is 5.49. The molecule has 1 aliphatic carbocycles. The van der Waals surface area contributed by atoms with Gasteiger partial charge in [0.1, 0.15) is 6.61 Å². The van der Waals surface area contributed by atoms with E-state index < -0.39 is 6.09 Å². The van der Waals surface area contributed by atoms with Gasteiger partial charge in [0, 0.05) is 17.7 Å². The predicted octanol–water partition coefficient (Wildman–Crippen LogP) is 4.28. The molecule has 0 saturated heterocycles. The van der Waals surface area contributed by atoms with E-state index in [1.165, 1.54) is 22.3 Å². The molecule has 0 saturated carbocycles. The predicted molar refractivity (Wildman–Crippen MR) is 109 cm³/mol. The average Bonchev–Trinajstić information content (AvgIpc) is 3.05. The number of rotatable bonds is 3. The molecular weight excluding hydrogens is 348 g/mol. The first-order valence-electron chi connectivity index (χ1n) is 9.23. The van der Waals surface area contributed by atoms with Crippen molar-refractivity contribution in [1.29, 1.82) is 0 Å². The van der Waals surface area contributed by atoms with E-state index in [1.807, 2.05) is 43.3 Å². The summed E-state index contributed by atoms with van der Waals surface area (Å²) in [5, 5.41) is 2.69. The van der Waals surface area contributed by atoms with Crippen molar-refractivity contribution in [3.63, 3.8) is 0 Å². The van der Waals surface area contributed by atoms with Crippen LogP contribution in [0.15, 0.2) is 66.9 Å². The molecule has 2 aromatic carbocycles. The van der Waals surface area contributed by atoms with Crippen LogP contribution in [0.1, 0.15) is 28.3 Å². The SMILES string of the molecule is Cc1ncccc1C#CCNC(=O)OCC1c2ccccc2-c2ccccc21. The van der Waals surface area contributed by atoms with Gasteiger partial charge in [-0.2, -0.15) is 0 Å². The van der Waals surface area contributed by atoms with Crippen LogP contribution >= 0.6 is 0 Å². The lowest BCUT2D eigenvalue weighted by atomic mass is 9.98. The molecule has 1 amide bonds. The van der Waals surface area contributed by atoms with Crippen LogP contribution in [0.2, 0.25) is 0 Å². The maximum absolute atomic E-state index is 12.1. The molecule has 0 radical (unpaired) electrons. The summed E-state index contributed by atoms with van der Waals surface area (Å²) >= 11 is 0. The number of alkyl carbamates (subject to hydrolysis) is 1. The molecule has 0 fully saturated rings. The summed E-state index contributed by atoms with van der Waals surface area (Å²) in [5.74, 6) is 6.00. The van der Waals surface area contributed by atoms with Gasteiger partial charge in [0.15, 0.2) is 0 Å². The Morgan fingerprint density at radius 1 is 1.04 bits per heavy atom. The zero-order valence-electron chi connectivity index (χ0n) is 15.6. The Hall–Kier alpha value is -3.58. The lowest BCUT2D eigenvalue weighted by Gasteiger charge is -2.14. The number of hydrogen-bond acceptors (Lipinski definition) is 3. The van der Waals surface area contributed by atoms with Gasteiger partial charge in [0.05, 0.1) is 12.2 Å². The first-order valence-corrected chi connectivity index (χ1v) is 9.23. The van der Waals surface area contributed by atoms with Crippen molar-refractivity contribution in [3.05, 3.63) is 89.2 Å². The minimum Gasteiger partial charge on any atom is -0.449 e. The highest BCUT2D eigenvalue weighted by Gasteiger charge is 2.28. The molecule has 4 nitrogen and oxygen atoms in total. The number of carbonyl (C=O) groups is 1. The van der Waals surface area contributed by atoms with Crippen LogP contribution in [0, 0.1) is 18.8 Å². The van der Waals surface area contributed by atoms with Gasteiger partial charge >= 0.3 is 6.09 Å². The number of aromatic nitrogens is 1. The average molecular weight is 368 g/mol. The van der Waals surface area contributed by atoms with E-state index in [0.717, 1.165) is 11.3 Å². The Balaban J connectivity index is 1.36. The van der Waals surface area contributed by atoms with E-state index >= 15 is 0 Å². The van der Waals surface area contributed by atoms with E-state index in [2.05, 4.69) is 46.4 Å². The van der Waals surface area contributed by atoms with Crippen molar-refractivity contribution in [2.24, 2.45) is 0 Å². The van der Waals surface area contributed by atoms with Crippen LogP contribution in [0.25, 0.3) is 11.1 Å². The normalized spacial score (nSPS) is 11.8. The molecule has 0 unspecified atom stereocenters. The van der Waals surface area contributed by atoms with Crippen LogP contribution in [0.4, 0.5) is 4.79 Å². The molecule has 1 heterocycles. The number of aryl methyl sites for hydroxylation is 1. The van der Waals surface area contributed by atoms with Gasteiger partial charge in [-0.3, -0.25) is 4.98 Å². The number of fused-ring (bicyclic) bond motifs is 3. The van der Waals surface area contributed by atoms with E-state index in [0.29, 0.717) is 6.61 Å². The van der Waals surface area contributed by atoms with E-state index in [-0.39, 0.29) is 12.5 Å². The number of hydrogen-bond donors (Lipinski definition) is 1. The summed E-state index contributed by atoms with van der Waals surface area (Å²) in [6, 6.07) is 20.3. The monoisotopic (exact) mass is 368 g/mol. The lowest BCUT2D eigenvalue weighted by molar-refractivity contribution is 0.144. The van der Waals surface area contributed by atoms with Crippen LogP contribution in [-0.4, -0.2) is 24.2 Å². The number of pyridine rings is 1. The zero-order valence-corrected chi connectivity index (χ0v) is 15.6. The molecule has 28 heavy (non-hydrogen) atoms. The Bertz CT molecular complexity index is 1030. The number of amides is 1. The highest BCUT2D eigenvalue weighted by atomic mass is 16.5. The van der Waals surface area contributed by atoms with E-state index in [1.54, 1.807) is 6.20 Å². The fourth-order valence-electron chi connectivity index (χ4n) is 3.52. The Kier molecular flexibility index (Phi) is 5.07. The van der Waals surface area contributed by atoms with Gasteiger partial charge in [-0.1, -0.05) is 60.4 Å². The molecule has 0 atom stereocenters. The van der Waals surface area contributed by atoms with E-state index in [4.69, 9.17) is 4.74 Å². The zero-order chi connectivity index (χ0) is 19.3. The van der Waals surface area contributed by atoms with Crippen LogP contribution < -0.4 is 5.32 Å². The van der Waals surface area contributed by atoms with Gasteiger partial charge in [0.25, 0.3) is 0 Å². The maximum Gasteiger partial charge on any atom is 0.407 e. The highest BCUT2D eigenvalue weighted by Crippen LogP contribution is 2.44. The van der Waals surface area contributed by atoms with Crippen LogP contribution in [0.5, 0.6) is 0 Å². The van der Waals surface area contributed by atoms with Gasteiger partial charge in [-0.15, -0.1) is 0 Å². The van der Waals surface area contributed by atoms with Crippen molar-refractivity contribution < 1.29 is 9.53 Å². The third-order valence-corrected chi connectivity index (χ3v) is 4.89. The molecule has 4 rings (SSSR count). The fraction of sp³-hybridized carbons (Fsp3) is 0.167. The molecule has 0 bridgehead atoms. The van der Waals surface area contributed by atoms with E-state index in [9.17, 15) is 4.79 Å². The number of ether oxygens (including phenoxy) is 1. The van der Waals surface area contributed by atoms with Gasteiger partial charge in [0.2, 0.25) is 0 Å². The first kappa shape index (κ1) is 17.8. The summed E-state index contributed by atoms with van der Waals surface area (Å²) in [6.07, 6.45) is 1.27. The minimum absolute atomic E-state index is 0.0577. The number of carbonyl (C=O) groups excluding carboxylic acids is 1. The highest BCUT2D eigenvalue weighted by molar-refractivity contribution is 5.79. The summed E-state index contributed by atoms with van der Waals surface area (Å²) in [5.41, 5.74) is 6.55. The Morgan fingerprint density at radius 2 is 1.71 bits per heavy atom. The molecule has 138 valence electrons. The molecule has 1 aromatic heterocycles. The quantitative estimate of drug-likeness (QED) is 0.702. The van der Waals surface area contributed by atoms with Gasteiger partial charge < -0.3 is 10.1 Å². The Labute approximate surface area is 164 Å². The molecule has 0 aliphatic heterocycles. The smallest absolute Gasteiger partial charge is 0.407 e. The second-order valence-corrected chi connectivity index (χ2v) is 6.62. The fourth-order valence-corrected chi connectivity index (χ4v) is 3.52. The minimum atomic E-state index is -0.459. The maximum atomic E-state index is 12.1. The third kappa shape index (κ3) is 3.60. The van der Waals surface area contributed by atoms with Crippen molar-refractivity contribution in [1.82, 2.24) is 10.3 Å². The van der Waals surface area contributed by atoms with Crippen molar-refractivity contribution >= 4 is 6.09 Å². The topological polar surface area (TPSA) is 51.2 Å². The largest absolute Gasteiger partial charge is 0.449 e. The third-order valence-electron chi connectivity index (χ3n) is 4.89. The number of benzene rings is 2. The van der Waals surface area contributed by atoms with Crippen molar-refractivity contribution in [2.75, 3.05) is 13.2 Å². The van der Waals surface area contributed by atoms with Crippen molar-refractivity contribution in [3.8, 4) is 23.0 Å². The molecule has 1 aliphatic rings. The molecular formula is C24H20N2O2. The number of nitrogens with one attached hydrogen (secondary N) is 1. The van der Waals surface area contributed by atoms with Crippen molar-refractivity contribution in [2.45, 2.75) is 12.8 Å². The van der Waals surface area contributed by atoms with Gasteiger partial charge in [-0.25, -0.2) is 4.79 Å². The standard InChI is InChI=1S/C24H20N2O2/c1-17-18(8-6-14-25-17)9-7-15-26-24(27)28-16-23-21-12-4-2-10-19(21)20-11-3-5-13-22(20)23/h2-6,8,10-14,23H,15-16H2,1H3,(H,26,27). The molecule has 4 heteroatoms. The second kappa shape index (κ2) is 7.98. The van der Waals surface area contributed by atoms with Gasteiger partial charge in [-0.05, 0) is 41.3 Å². The summed E-state index contributed by atoms with van der Waals surface area (Å²) in [6.45, 7) is 2.43. The van der Waals surface area contributed by atoms with Crippen LogP contribution in [-0.2, 0) is 4.74 Å². The molecule has 1 N–H and O–H groups in total. The van der Waals surface area contributed by atoms with Crippen LogP contribution in [0.3, 0.4) is 0 Å². The number of nitrogens with zero attached hydrogens (tertiary/aromatic N) is 1. The first-order chi connectivity index (χ1) is 13.7.